The predicted molar refractivity (Wildman–Crippen MR) is 82.6 cm³/mol. The minimum atomic E-state index is -2.84. The molecule has 5 heteroatoms. The van der Waals surface area contributed by atoms with Gasteiger partial charge in [-0.1, -0.05) is 24.3 Å². The van der Waals surface area contributed by atoms with Crippen LogP contribution in [0.15, 0.2) is 36.5 Å². The molecule has 0 aliphatic carbocycles. The molecule has 1 heterocycles. The summed E-state index contributed by atoms with van der Waals surface area (Å²) < 4.78 is 22.0. The van der Waals surface area contributed by atoms with Gasteiger partial charge in [0.25, 0.3) is 0 Å². The number of pyridine rings is 1. The van der Waals surface area contributed by atoms with Gasteiger partial charge in [-0.25, -0.2) is 8.42 Å². The molecule has 20 heavy (non-hydrogen) atoms. The van der Waals surface area contributed by atoms with Gasteiger partial charge >= 0.3 is 0 Å². The second-order valence-corrected chi connectivity index (χ2v) is 7.24. The third-order valence-corrected chi connectivity index (χ3v) is 4.19. The van der Waals surface area contributed by atoms with Crippen LogP contribution in [0.2, 0.25) is 0 Å². The van der Waals surface area contributed by atoms with E-state index in [9.17, 15) is 8.42 Å². The average molecular weight is 292 g/mol. The average Bonchev–Trinajstić information content (AvgIpc) is 2.41. The fourth-order valence-corrected chi connectivity index (χ4v) is 2.85. The Bertz CT molecular complexity index is 663. The Balaban J connectivity index is 1.82. The molecule has 0 spiro atoms. The first-order chi connectivity index (χ1) is 9.56. The SMILES string of the molecule is CS(=O)(=O)CCCNCCc1cccc2cccnc12. The number of rotatable bonds is 7. The highest BCUT2D eigenvalue weighted by molar-refractivity contribution is 7.90. The van der Waals surface area contributed by atoms with Crippen LogP contribution in [0, 0.1) is 0 Å². The van der Waals surface area contributed by atoms with Crippen LogP contribution in [0.5, 0.6) is 0 Å². The molecular weight excluding hydrogens is 272 g/mol. The van der Waals surface area contributed by atoms with E-state index in [0.29, 0.717) is 6.42 Å². The molecule has 2 rings (SSSR count). The summed E-state index contributed by atoms with van der Waals surface area (Å²) in [6, 6.07) is 10.2. The highest BCUT2D eigenvalue weighted by Gasteiger charge is 2.02. The molecule has 0 radical (unpaired) electrons. The van der Waals surface area contributed by atoms with Crippen molar-refractivity contribution < 1.29 is 8.42 Å². The lowest BCUT2D eigenvalue weighted by atomic mass is 10.1. The topological polar surface area (TPSA) is 59.1 Å². The van der Waals surface area contributed by atoms with E-state index in [1.165, 1.54) is 11.8 Å². The Kier molecular flexibility index (Phi) is 5.09. The monoisotopic (exact) mass is 292 g/mol. The minimum Gasteiger partial charge on any atom is -0.316 e. The van der Waals surface area contributed by atoms with E-state index in [4.69, 9.17) is 0 Å². The van der Waals surface area contributed by atoms with E-state index in [-0.39, 0.29) is 5.75 Å². The quantitative estimate of drug-likeness (QED) is 0.791. The first-order valence-corrected chi connectivity index (χ1v) is 8.83. The Labute approximate surface area is 120 Å². The molecule has 4 nitrogen and oxygen atoms in total. The first-order valence-electron chi connectivity index (χ1n) is 6.77. The zero-order valence-electron chi connectivity index (χ0n) is 11.7. The van der Waals surface area contributed by atoms with Crippen LogP contribution >= 0.6 is 0 Å². The Morgan fingerprint density at radius 3 is 2.75 bits per heavy atom. The highest BCUT2D eigenvalue weighted by atomic mass is 32.2. The molecule has 0 fully saturated rings. The van der Waals surface area contributed by atoms with Gasteiger partial charge in [0, 0.05) is 17.8 Å². The van der Waals surface area contributed by atoms with Crippen LogP contribution in [-0.2, 0) is 16.3 Å². The molecule has 0 saturated heterocycles. The lowest BCUT2D eigenvalue weighted by Crippen LogP contribution is -2.20. The van der Waals surface area contributed by atoms with Crippen LogP contribution < -0.4 is 5.32 Å². The van der Waals surface area contributed by atoms with Gasteiger partial charge in [0.05, 0.1) is 11.3 Å². The normalized spacial score (nSPS) is 11.8. The van der Waals surface area contributed by atoms with Gasteiger partial charge in [0.2, 0.25) is 0 Å². The number of fused-ring (bicyclic) bond motifs is 1. The molecule has 1 N–H and O–H groups in total. The van der Waals surface area contributed by atoms with Crippen LogP contribution in [0.4, 0.5) is 0 Å². The summed E-state index contributed by atoms with van der Waals surface area (Å²) in [7, 11) is -2.84. The van der Waals surface area contributed by atoms with Gasteiger partial charge in [0.1, 0.15) is 9.84 Å². The molecule has 0 saturated carbocycles. The molecule has 0 unspecified atom stereocenters. The summed E-state index contributed by atoms with van der Waals surface area (Å²) in [6.07, 6.45) is 4.64. The van der Waals surface area contributed by atoms with E-state index in [1.54, 1.807) is 0 Å². The Morgan fingerprint density at radius 2 is 1.95 bits per heavy atom. The van der Waals surface area contributed by atoms with Crippen LogP contribution in [0.1, 0.15) is 12.0 Å². The van der Waals surface area contributed by atoms with E-state index < -0.39 is 9.84 Å². The van der Waals surface area contributed by atoms with Crippen molar-refractivity contribution in [2.24, 2.45) is 0 Å². The molecule has 2 aromatic rings. The Morgan fingerprint density at radius 1 is 1.15 bits per heavy atom. The summed E-state index contributed by atoms with van der Waals surface area (Å²) in [6.45, 7) is 1.56. The second-order valence-electron chi connectivity index (χ2n) is 4.98. The molecule has 0 aliphatic rings. The maximum Gasteiger partial charge on any atom is 0.147 e. The van der Waals surface area contributed by atoms with Gasteiger partial charge in [-0.3, -0.25) is 4.98 Å². The van der Waals surface area contributed by atoms with Crippen molar-refractivity contribution in [3.05, 3.63) is 42.1 Å². The summed E-state index contributed by atoms with van der Waals surface area (Å²) >= 11 is 0. The molecule has 0 amide bonds. The van der Waals surface area contributed by atoms with E-state index in [2.05, 4.69) is 28.5 Å². The minimum absolute atomic E-state index is 0.246. The van der Waals surface area contributed by atoms with Gasteiger partial charge in [-0.15, -0.1) is 0 Å². The number of benzene rings is 1. The standard InChI is InChI=1S/C15H20N2O2S/c1-20(18,19)12-4-9-16-11-8-14-6-2-5-13-7-3-10-17-15(13)14/h2-3,5-7,10,16H,4,8-9,11-12H2,1H3. The lowest BCUT2D eigenvalue weighted by molar-refractivity contribution is 0.594. The Hall–Kier alpha value is -1.46. The van der Waals surface area contributed by atoms with E-state index >= 15 is 0 Å². The van der Waals surface area contributed by atoms with Gasteiger partial charge < -0.3 is 5.32 Å². The van der Waals surface area contributed by atoms with Crippen LogP contribution in [0.3, 0.4) is 0 Å². The largest absolute Gasteiger partial charge is 0.316 e. The molecular formula is C15H20N2O2S. The second kappa shape index (κ2) is 6.81. The van der Waals surface area contributed by atoms with Gasteiger partial charge in [-0.05, 0) is 37.6 Å². The van der Waals surface area contributed by atoms with Crippen molar-refractivity contribution in [3.63, 3.8) is 0 Å². The van der Waals surface area contributed by atoms with Crippen molar-refractivity contribution in [2.45, 2.75) is 12.8 Å². The van der Waals surface area contributed by atoms with Crippen molar-refractivity contribution in [1.82, 2.24) is 10.3 Å². The zero-order valence-corrected chi connectivity index (χ0v) is 12.5. The summed E-state index contributed by atoms with van der Waals surface area (Å²) in [5.74, 6) is 0.246. The predicted octanol–water partition coefficient (Wildman–Crippen LogP) is 1.80. The summed E-state index contributed by atoms with van der Waals surface area (Å²) in [5.41, 5.74) is 2.27. The number of hydrogen-bond acceptors (Lipinski definition) is 4. The van der Waals surface area contributed by atoms with Gasteiger partial charge in [-0.2, -0.15) is 0 Å². The number of hydrogen-bond donors (Lipinski definition) is 1. The summed E-state index contributed by atoms with van der Waals surface area (Å²) in [5, 5.41) is 4.43. The number of para-hydroxylation sites is 1. The molecule has 0 aliphatic heterocycles. The summed E-state index contributed by atoms with van der Waals surface area (Å²) in [4.78, 5) is 4.42. The van der Waals surface area contributed by atoms with Crippen LogP contribution in [0.25, 0.3) is 10.9 Å². The zero-order chi connectivity index (χ0) is 14.4. The maximum absolute atomic E-state index is 11.0. The van der Waals surface area contributed by atoms with Gasteiger partial charge in [0.15, 0.2) is 0 Å². The highest BCUT2D eigenvalue weighted by Crippen LogP contribution is 2.15. The fraction of sp³-hybridized carbons (Fsp3) is 0.400. The van der Waals surface area contributed by atoms with E-state index in [0.717, 1.165) is 30.4 Å². The maximum atomic E-state index is 11.0. The molecule has 0 bridgehead atoms. The molecule has 0 atom stereocenters. The van der Waals surface area contributed by atoms with Crippen molar-refractivity contribution in [3.8, 4) is 0 Å². The number of nitrogens with one attached hydrogen (secondary N) is 1. The van der Waals surface area contributed by atoms with Crippen molar-refractivity contribution in [1.29, 1.82) is 0 Å². The fourth-order valence-electron chi connectivity index (χ4n) is 2.18. The van der Waals surface area contributed by atoms with Crippen LogP contribution in [-0.4, -0.2) is 38.5 Å². The first kappa shape index (κ1) is 14.9. The number of sulfone groups is 1. The molecule has 1 aromatic heterocycles. The number of nitrogens with zero attached hydrogens (tertiary/aromatic N) is 1. The molecule has 108 valence electrons. The third kappa shape index (κ3) is 4.58. The lowest BCUT2D eigenvalue weighted by Gasteiger charge is -2.07. The van der Waals surface area contributed by atoms with E-state index in [1.807, 2.05) is 18.3 Å². The smallest absolute Gasteiger partial charge is 0.147 e. The molecule has 1 aromatic carbocycles. The van der Waals surface area contributed by atoms with Crippen molar-refractivity contribution in [2.75, 3.05) is 25.1 Å². The third-order valence-electron chi connectivity index (χ3n) is 3.16. The number of aromatic nitrogens is 1. The van der Waals surface area contributed by atoms with Crippen molar-refractivity contribution >= 4 is 20.7 Å².